The first-order chi connectivity index (χ1) is 3.18. The van der Waals surface area contributed by atoms with E-state index in [1.54, 1.807) is 0 Å². The summed E-state index contributed by atoms with van der Waals surface area (Å²) in [4.78, 5) is 19.1. The molecule has 0 saturated heterocycles. The minimum atomic E-state index is -0.852. The second kappa shape index (κ2) is 5.02. The SMILES string of the molecule is CN(N=O)C(N)=O.[Na]. The number of carbonyl (C=O) groups excluding carboxylic acids is 1. The molecule has 2 amide bonds. The van der Waals surface area contributed by atoms with Crippen LogP contribution >= 0.6 is 0 Å². The number of carbonyl (C=O) groups is 1. The average Bonchev–Trinajstić information content (AvgIpc) is 1.65. The van der Waals surface area contributed by atoms with E-state index in [9.17, 15) is 9.70 Å². The van der Waals surface area contributed by atoms with E-state index in [2.05, 4.69) is 11.0 Å². The molecule has 0 fully saturated rings. The van der Waals surface area contributed by atoms with Crippen LogP contribution in [0.15, 0.2) is 5.29 Å². The van der Waals surface area contributed by atoms with Crippen molar-refractivity contribution in [2.45, 2.75) is 0 Å². The van der Waals surface area contributed by atoms with E-state index in [-0.39, 0.29) is 29.6 Å². The Labute approximate surface area is 68.4 Å². The van der Waals surface area contributed by atoms with Crippen LogP contribution in [0.1, 0.15) is 0 Å². The van der Waals surface area contributed by atoms with Gasteiger partial charge in [-0.25, -0.2) is 4.79 Å². The Balaban J connectivity index is 0. The summed E-state index contributed by atoms with van der Waals surface area (Å²) in [6, 6.07) is -0.852. The van der Waals surface area contributed by atoms with Crippen LogP contribution in [0.2, 0.25) is 0 Å². The molecule has 0 spiro atoms. The molecule has 0 aliphatic heterocycles. The van der Waals surface area contributed by atoms with Gasteiger partial charge in [-0.05, 0) is 0 Å². The summed E-state index contributed by atoms with van der Waals surface area (Å²) in [6.45, 7) is 0. The number of hydrogen-bond donors (Lipinski definition) is 1. The molecule has 0 heterocycles. The minimum Gasteiger partial charge on any atom is -0.350 e. The topological polar surface area (TPSA) is 75.8 Å². The van der Waals surface area contributed by atoms with Gasteiger partial charge in [-0.2, -0.15) is 5.01 Å². The van der Waals surface area contributed by atoms with Crippen molar-refractivity contribution in [3.63, 3.8) is 0 Å². The van der Waals surface area contributed by atoms with E-state index >= 15 is 0 Å². The molecular weight excluding hydrogens is 121 g/mol. The van der Waals surface area contributed by atoms with Crippen molar-refractivity contribution < 1.29 is 4.79 Å². The molecule has 0 unspecified atom stereocenters. The Bertz CT molecular complexity index is 95.3. The fourth-order valence-electron chi connectivity index (χ4n) is 0.0402. The number of rotatable bonds is 1. The molecule has 0 saturated carbocycles. The van der Waals surface area contributed by atoms with E-state index in [0.29, 0.717) is 5.01 Å². The Hall–Kier alpha value is -0.130. The van der Waals surface area contributed by atoms with Gasteiger partial charge in [0.1, 0.15) is 0 Å². The monoisotopic (exact) mass is 126 g/mol. The molecule has 2 N–H and O–H groups in total. The maximum Gasteiger partial charge on any atom is 0.337 e. The quantitative estimate of drug-likeness (QED) is 0.286. The zero-order chi connectivity index (χ0) is 5.86. The van der Waals surface area contributed by atoms with Crippen molar-refractivity contribution in [2.24, 2.45) is 11.0 Å². The van der Waals surface area contributed by atoms with Gasteiger partial charge in [0.25, 0.3) is 0 Å². The molecule has 0 aromatic rings. The first-order valence-corrected chi connectivity index (χ1v) is 1.55. The number of nitrogens with zero attached hydrogens (tertiary/aromatic N) is 2. The van der Waals surface area contributed by atoms with Gasteiger partial charge in [0.15, 0.2) is 0 Å². The summed E-state index contributed by atoms with van der Waals surface area (Å²) in [5.41, 5.74) is 4.54. The van der Waals surface area contributed by atoms with Crippen LogP contribution in [-0.2, 0) is 0 Å². The van der Waals surface area contributed by atoms with Crippen LogP contribution in [0.5, 0.6) is 0 Å². The summed E-state index contributed by atoms with van der Waals surface area (Å²) in [5.74, 6) is 0. The molecule has 0 aliphatic carbocycles. The predicted molar refractivity (Wildman–Crippen MR) is 28.9 cm³/mol. The van der Waals surface area contributed by atoms with Gasteiger partial charge < -0.3 is 5.73 Å². The van der Waals surface area contributed by atoms with E-state index in [1.807, 2.05) is 0 Å². The first kappa shape index (κ1) is 10.8. The molecule has 1 radical (unpaired) electrons. The van der Waals surface area contributed by atoms with Crippen LogP contribution in [0.25, 0.3) is 0 Å². The summed E-state index contributed by atoms with van der Waals surface area (Å²) < 4.78 is 0. The van der Waals surface area contributed by atoms with Crippen LogP contribution in [0, 0.1) is 4.91 Å². The summed E-state index contributed by atoms with van der Waals surface area (Å²) >= 11 is 0. The Kier molecular flexibility index (Phi) is 6.76. The van der Waals surface area contributed by atoms with Crippen molar-refractivity contribution >= 4 is 35.6 Å². The molecule has 0 bridgehead atoms. The van der Waals surface area contributed by atoms with Crippen LogP contribution in [0.3, 0.4) is 0 Å². The predicted octanol–water partition coefficient (Wildman–Crippen LogP) is -0.702. The summed E-state index contributed by atoms with van der Waals surface area (Å²) in [7, 11) is 1.18. The van der Waals surface area contributed by atoms with Gasteiger partial charge >= 0.3 is 6.03 Å². The standard InChI is InChI=1S/C2H5N3O2.Na/c1-5(4-7)2(3)6;/h1H3,(H2,3,6);. The van der Waals surface area contributed by atoms with Crippen molar-refractivity contribution in [1.29, 1.82) is 0 Å². The van der Waals surface area contributed by atoms with Crippen molar-refractivity contribution in [3.05, 3.63) is 4.91 Å². The second-order valence-electron chi connectivity index (χ2n) is 0.943. The largest absolute Gasteiger partial charge is 0.350 e. The fraction of sp³-hybridized carbons (Fsp3) is 0.500. The first-order valence-electron chi connectivity index (χ1n) is 1.55. The van der Waals surface area contributed by atoms with Crippen molar-refractivity contribution in [2.75, 3.05) is 7.05 Å². The molecular formula is C2H5N3NaO2. The molecule has 5 nitrogen and oxygen atoms in total. The smallest absolute Gasteiger partial charge is 0.337 e. The fourth-order valence-corrected chi connectivity index (χ4v) is 0.0402. The molecule has 0 aliphatic rings. The number of hydrogen-bond acceptors (Lipinski definition) is 3. The zero-order valence-electron chi connectivity index (χ0n) is 4.79. The van der Waals surface area contributed by atoms with Crippen molar-refractivity contribution in [1.82, 2.24) is 5.01 Å². The molecule has 6 heteroatoms. The Morgan fingerprint density at radius 1 is 1.75 bits per heavy atom. The Morgan fingerprint density at radius 3 is 2.12 bits per heavy atom. The van der Waals surface area contributed by atoms with Gasteiger partial charge in [-0.1, -0.05) is 0 Å². The summed E-state index contributed by atoms with van der Waals surface area (Å²) in [6.07, 6.45) is 0. The van der Waals surface area contributed by atoms with Gasteiger partial charge in [0, 0.05) is 36.6 Å². The van der Waals surface area contributed by atoms with Crippen molar-refractivity contribution in [3.8, 4) is 0 Å². The summed E-state index contributed by atoms with van der Waals surface area (Å²) in [5, 5.41) is 2.70. The maximum absolute atomic E-state index is 9.78. The number of nitroso groups, excluding NO2 is 1. The third-order valence-electron chi connectivity index (χ3n) is 0.441. The normalized spacial score (nSPS) is 6.62. The molecule has 0 atom stereocenters. The van der Waals surface area contributed by atoms with E-state index in [1.165, 1.54) is 7.05 Å². The van der Waals surface area contributed by atoms with E-state index in [4.69, 9.17) is 0 Å². The van der Waals surface area contributed by atoms with Gasteiger partial charge in [0.05, 0.1) is 5.29 Å². The van der Waals surface area contributed by atoms with E-state index < -0.39 is 6.03 Å². The van der Waals surface area contributed by atoms with Gasteiger partial charge in [-0.3, -0.25) is 0 Å². The van der Waals surface area contributed by atoms with Crippen LogP contribution < -0.4 is 5.73 Å². The number of amides is 2. The molecule has 0 aromatic carbocycles. The van der Waals surface area contributed by atoms with Crippen LogP contribution in [0.4, 0.5) is 4.79 Å². The van der Waals surface area contributed by atoms with Gasteiger partial charge in [-0.15, -0.1) is 4.91 Å². The molecule has 0 aromatic heterocycles. The van der Waals surface area contributed by atoms with E-state index in [0.717, 1.165) is 0 Å². The Morgan fingerprint density at radius 2 is 2.12 bits per heavy atom. The minimum absolute atomic E-state index is 0. The zero-order valence-corrected chi connectivity index (χ0v) is 6.79. The number of urea groups is 1. The number of primary amides is 1. The third-order valence-corrected chi connectivity index (χ3v) is 0.441. The number of nitrogens with two attached hydrogens (primary N) is 1. The van der Waals surface area contributed by atoms with Gasteiger partial charge in [0.2, 0.25) is 0 Å². The molecule has 8 heavy (non-hydrogen) atoms. The second-order valence-corrected chi connectivity index (χ2v) is 0.943. The van der Waals surface area contributed by atoms with Crippen LogP contribution in [-0.4, -0.2) is 47.6 Å². The average molecular weight is 126 g/mol. The maximum atomic E-state index is 9.78. The molecule has 0 rings (SSSR count). The third kappa shape index (κ3) is 4.04. The molecule has 41 valence electrons.